The summed E-state index contributed by atoms with van der Waals surface area (Å²) >= 11 is 3.26. The smallest absolute Gasteiger partial charge is 0.337 e. The summed E-state index contributed by atoms with van der Waals surface area (Å²) in [7, 11) is 4.18. The molecule has 0 aliphatic rings. The highest BCUT2D eigenvalue weighted by Gasteiger charge is 2.14. The van der Waals surface area contributed by atoms with Gasteiger partial charge in [0.25, 0.3) is 0 Å². The fourth-order valence-corrected chi connectivity index (χ4v) is 2.47. The van der Waals surface area contributed by atoms with E-state index >= 15 is 0 Å². The van der Waals surface area contributed by atoms with E-state index < -0.39 is 11.8 Å². The molecule has 0 aliphatic heterocycles. The highest BCUT2D eigenvalue weighted by atomic mass is 79.9. The molecule has 0 unspecified atom stereocenters. The first kappa shape index (κ1) is 19.9. The first-order chi connectivity index (χ1) is 12.5. The molecular weight excluding hydrogens is 409 g/mol. The summed E-state index contributed by atoms with van der Waals surface area (Å²) in [5.41, 5.74) is 0.764. The van der Waals surface area contributed by atoms with Gasteiger partial charge in [-0.25, -0.2) is 14.2 Å². The second kappa shape index (κ2) is 9.30. The van der Waals surface area contributed by atoms with E-state index in [2.05, 4.69) is 25.7 Å². The van der Waals surface area contributed by atoms with Crippen LogP contribution in [0.3, 0.4) is 0 Å². The highest BCUT2D eigenvalue weighted by molar-refractivity contribution is 9.10. The molecule has 0 aliphatic carbocycles. The average Bonchev–Trinajstić information content (AvgIpc) is 2.66. The van der Waals surface area contributed by atoms with E-state index in [0.717, 1.165) is 0 Å². The molecule has 0 radical (unpaired) electrons. The second-order valence-corrected chi connectivity index (χ2v) is 5.83. The number of aromatic nitrogens is 1. The Morgan fingerprint density at radius 1 is 1.23 bits per heavy atom. The Kier molecular flexibility index (Phi) is 7.11. The summed E-state index contributed by atoms with van der Waals surface area (Å²) in [5, 5.41) is 0. The maximum absolute atomic E-state index is 14.8. The number of carbonyl (C=O) groups excluding carboxylic acids is 1. The molecule has 8 heteroatoms. The molecule has 1 aromatic carbocycles. The normalized spacial score (nSPS) is 11.2. The van der Waals surface area contributed by atoms with E-state index in [1.165, 1.54) is 39.5 Å². The van der Waals surface area contributed by atoms with E-state index in [-0.39, 0.29) is 29.7 Å². The molecule has 0 N–H and O–H groups in total. The number of ether oxygens (including phenoxy) is 4. The van der Waals surface area contributed by atoms with Crippen LogP contribution in [-0.4, -0.2) is 39.1 Å². The van der Waals surface area contributed by atoms with Crippen molar-refractivity contribution in [1.82, 2.24) is 4.98 Å². The van der Waals surface area contributed by atoms with E-state index in [9.17, 15) is 9.18 Å². The Balaban J connectivity index is 2.45. The Labute approximate surface area is 158 Å². The highest BCUT2D eigenvalue weighted by Crippen LogP contribution is 2.30. The first-order valence-corrected chi connectivity index (χ1v) is 8.21. The summed E-state index contributed by atoms with van der Waals surface area (Å²) in [5.74, 6) is -0.586. The third-order valence-electron chi connectivity index (χ3n) is 3.30. The van der Waals surface area contributed by atoms with Crippen molar-refractivity contribution >= 4 is 33.8 Å². The predicted octanol–water partition coefficient (Wildman–Crippen LogP) is 4.09. The fourth-order valence-electron chi connectivity index (χ4n) is 2.06. The Morgan fingerprint density at radius 3 is 2.65 bits per heavy atom. The van der Waals surface area contributed by atoms with Crippen LogP contribution in [0.25, 0.3) is 11.9 Å². The van der Waals surface area contributed by atoms with Crippen LogP contribution in [0.1, 0.15) is 21.6 Å². The first-order valence-electron chi connectivity index (χ1n) is 7.42. The lowest BCUT2D eigenvalue weighted by atomic mass is 10.1. The number of benzene rings is 1. The van der Waals surface area contributed by atoms with Crippen molar-refractivity contribution in [2.24, 2.45) is 0 Å². The fraction of sp³-hybridized carbons (Fsp3) is 0.222. The molecule has 0 amide bonds. The van der Waals surface area contributed by atoms with Gasteiger partial charge in [0.15, 0.2) is 12.6 Å². The Bertz CT molecular complexity index is 825. The maximum atomic E-state index is 14.8. The lowest BCUT2D eigenvalue weighted by molar-refractivity contribution is 0.0502. The van der Waals surface area contributed by atoms with Crippen LogP contribution in [0.2, 0.25) is 0 Å². The molecule has 0 fully saturated rings. The summed E-state index contributed by atoms with van der Waals surface area (Å²) < 4.78 is 35.2. The summed E-state index contributed by atoms with van der Waals surface area (Å²) in [6.07, 6.45) is 1.25. The van der Waals surface area contributed by atoms with Crippen LogP contribution >= 0.6 is 15.9 Å². The van der Waals surface area contributed by atoms with Gasteiger partial charge in [-0.05, 0) is 40.2 Å². The van der Waals surface area contributed by atoms with Gasteiger partial charge in [0.1, 0.15) is 11.4 Å². The minimum Gasteiger partial charge on any atom is -0.481 e. The molecule has 6 nitrogen and oxygen atoms in total. The van der Waals surface area contributed by atoms with E-state index in [1.54, 1.807) is 18.2 Å². The van der Waals surface area contributed by atoms with Crippen LogP contribution in [0.5, 0.6) is 11.6 Å². The van der Waals surface area contributed by atoms with Gasteiger partial charge in [0.05, 0.1) is 19.8 Å². The molecule has 0 saturated heterocycles. The third kappa shape index (κ3) is 4.80. The zero-order valence-corrected chi connectivity index (χ0v) is 16.0. The second-order valence-electron chi connectivity index (χ2n) is 4.97. The quantitative estimate of drug-likeness (QED) is 0.491. The van der Waals surface area contributed by atoms with Crippen molar-refractivity contribution in [3.63, 3.8) is 0 Å². The average molecular weight is 426 g/mol. The molecule has 26 heavy (non-hydrogen) atoms. The van der Waals surface area contributed by atoms with Crippen molar-refractivity contribution in [3.8, 4) is 11.6 Å². The van der Waals surface area contributed by atoms with Gasteiger partial charge < -0.3 is 18.9 Å². The topological polar surface area (TPSA) is 66.9 Å². The molecule has 0 atom stereocenters. The van der Waals surface area contributed by atoms with Crippen molar-refractivity contribution in [3.05, 3.63) is 51.6 Å². The van der Waals surface area contributed by atoms with Crippen LogP contribution < -0.4 is 9.47 Å². The lowest BCUT2D eigenvalue weighted by Crippen LogP contribution is -2.05. The van der Waals surface area contributed by atoms with Gasteiger partial charge >= 0.3 is 5.97 Å². The van der Waals surface area contributed by atoms with Gasteiger partial charge in [-0.15, -0.1) is 0 Å². The van der Waals surface area contributed by atoms with Gasteiger partial charge in [-0.1, -0.05) is 6.07 Å². The van der Waals surface area contributed by atoms with Crippen molar-refractivity contribution in [1.29, 1.82) is 0 Å². The van der Waals surface area contributed by atoms with Crippen LogP contribution in [0.15, 0.2) is 34.8 Å². The van der Waals surface area contributed by atoms with Crippen LogP contribution in [0.4, 0.5) is 4.39 Å². The number of carbonyl (C=O) groups is 1. The van der Waals surface area contributed by atoms with E-state index in [0.29, 0.717) is 10.0 Å². The van der Waals surface area contributed by atoms with Gasteiger partial charge in [0.2, 0.25) is 5.88 Å². The number of rotatable bonds is 7. The molecular formula is C18H17BrFNO5. The summed E-state index contributed by atoms with van der Waals surface area (Å²) in [6.45, 7) is -0.0613. The Hall–Kier alpha value is -2.45. The number of halogens is 2. The van der Waals surface area contributed by atoms with Gasteiger partial charge in [0, 0.05) is 23.2 Å². The zero-order chi connectivity index (χ0) is 19.1. The number of hydrogen-bond acceptors (Lipinski definition) is 6. The number of pyridine rings is 1. The monoisotopic (exact) mass is 425 g/mol. The molecule has 2 aromatic rings. The van der Waals surface area contributed by atoms with Gasteiger partial charge in [-0.2, -0.15) is 0 Å². The van der Waals surface area contributed by atoms with E-state index in [4.69, 9.17) is 14.2 Å². The number of methoxy groups -OCH3 is 3. The third-order valence-corrected chi connectivity index (χ3v) is 3.94. The molecule has 138 valence electrons. The minimum atomic E-state index is -0.608. The van der Waals surface area contributed by atoms with Crippen molar-refractivity contribution < 1.29 is 28.1 Å². The van der Waals surface area contributed by atoms with Crippen molar-refractivity contribution in [2.45, 2.75) is 0 Å². The number of nitrogens with zero attached hydrogens (tertiary/aromatic N) is 1. The molecule has 1 aromatic heterocycles. The lowest BCUT2D eigenvalue weighted by Gasteiger charge is -2.10. The minimum absolute atomic E-state index is 0.0613. The zero-order valence-electron chi connectivity index (χ0n) is 14.4. The van der Waals surface area contributed by atoms with Crippen LogP contribution in [0, 0.1) is 0 Å². The van der Waals surface area contributed by atoms with E-state index in [1.807, 2.05) is 0 Å². The molecule has 0 saturated carbocycles. The molecule has 0 spiro atoms. The molecule has 1 heterocycles. The number of hydrogen-bond donors (Lipinski definition) is 0. The maximum Gasteiger partial charge on any atom is 0.337 e. The SMILES string of the molecule is COCOc1cc(C(=O)OC)ccc1/C=C(\F)c1nc(OC)ccc1Br. The standard InChI is InChI=1S/C18H17BrFNO5/c1-23-10-26-15-9-12(18(22)25-3)5-4-11(15)8-14(20)17-13(19)6-7-16(21-17)24-2/h4-9H,10H2,1-3H3/b14-8-. The summed E-state index contributed by atoms with van der Waals surface area (Å²) in [4.78, 5) is 15.8. The molecule has 0 bridgehead atoms. The molecule has 2 rings (SSSR count). The largest absolute Gasteiger partial charge is 0.481 e. The number of esters is 1. The Morgan fingerprint density at radius 2 is 2.00 bits per heavy atom. The predicted molar refractivity (Wildman–Crippen MR) is 97.8 cm³/mol. The summed E-state index contributed by atoms with van der Waals surface area (Å²) in [6, 6.07) is 7.76. The van der Waals surface area contributed by atoms with Crippen LogP contribution in [-0.2, 0) is 9.47 Å². The van der Waals surface area contributed by atoms with Gasteiger partial charge in [-0.3, -0.25) is 0 Å². The van der Waals surface area contributed by atoms with Crippen molar-refractivity contribution in [2.75, 3.05) is 28.1 Å².